The Morgan fingerprint density at radius 3 is 2.60 bits per heavy atom. The predicted molar refractivity (Wildman–Crippen MR) is 80.8 cm³/mol. The summed E-state index contributed by atoms with van der Waals surface area (Å²) >= 11 is 3.38. The van der Waals surface area contributed by atoms with Crippen molar-refractivity contribution in [3.63, 3.8) is 0 Å². The lowest BCUT2D eigenvalue weighted by molar-refractivity contribution is -0.0146. The number of aliphatic hydroxyl groups is 1. The van der Waals surface area contributed by atoms with E-state index in [2.05, 4.69) is 26.6 Å². The molecule has 0 saturated carbocycles. The summed E-state index contributed by atoms with van der Waals surface area (Å²) in [4.78, 5) is 11.8. The van der Waals surface area contributed by atoms with Gasteiger partial charge in [0.1, 0.15) is 11.2 Å². The molecule has 0 bridgehead atoms. The highest BCUT2D eigenvalue weighted by Gasteiger charge is 2.36. The monoisotopic (exact) mass is 342 g/mol. The molecule has 1 fully saturated rings. The Kier molecular flexibility index (Phi) is 4.09. The first kappa shape index (κ1) is 15.3. The van der Waals surface area contributed by atoms with E-state index in [1.165, 1.54) is 0 Å². The van der Waals surface area contributed by atoms with Gasteiger partial charge in [-0.1, -0.05) is 6.07 Å². The summed E-state index contributed by atoms with van der Waals surface area (Å²) in [5.74, 6) is 0. The number of nitrogens with one attached hydrogen (secondary N) is 2. The SMILES string of the molecule is CC(C)(C)OC(=O)Nc1cc(C2(O)CNC2)ccc1Br. The Balaban J connectivity index is 2.15. The van der Waals surface area contributed by atoms with Crippen LogP contribution in [-0.4, -0.2) is 29.9 Å². The molecule has 1 saturated heterocycles. The summed E-state index contributed by atoms with van der Waals surface area (Å²) < 4.78 is 5.96. The van der Waals surface area contributed by atoms with E-state index in [4.69, 9.17) is 4.74 Å². The minimum atomic E-state index is -0.856. The fourth-order valence-corrected chi connectivity index (χ4v) is 2.24. The van der Waals surface area contributed by atoms with Crippen LogP contribution >= 0.6 is 15.9 Å². The average Bonchev–Trinajstić information content (AvgIpc) is 2.26. The van der Waals surface area contributed by atoms with Crippen LogP contribution in [0.15, 0.2) is 22.7 Å². The van der Waals surface area contributed by atoms with Gasteiger partial charge in [0.25, 0.3) is 0 Å². The first-order valence-electron chi connectivity index (χ1n) is 6.43. The zero-order chi connectivity index (χ0) is 15.0. The highest BCUT2D eigenvalue weighted by Crippen LogP contribution is 2.31. The molecule has 2 rings (SSSR count). The maximum Gasteiger partial charge on any atom is 0.412 e. The van der Waals surface area contributed by atoms with Gasteiger partial charge in [0.15, 0.2) is 0 Å². The molecule has 3 N–H and O–H groups in total. The molecule has 0 aliphatic carbocycles. The molecule has 0 spiro atoms. The number of hydrogen-bond acceptors (Lipinski definition) is 4. The number of benzene rings is 1. The summed E-state index contributed by atoms with van der Waals surface area (Å²) in [6.07, 6.45) is -0.519. The van der Waals surface area contributed by atoms with Crippen molar-refractivity contribution in [2.45, 2.75) is 32.0 Å². The van der Waals surface area contributed by atoms with E-state index < -0.39 is 17.3 Å². The quantitative estimate of drug-likeness (QED) is 0.772. The molecular formula is C14H19BrN2O3. The second kappa shape index (κ2) is 5.35. The molecule has 1 amide bonds. The van der Waals surface area contributed by atoms with E-state index >= 15 is 0 Å². The molecule has 0 radical (unpaired) electrons. The second-order valence-electron chi connectivity index (χ2n) is 5.96. The van der Waals surface area contributed by atoms with Crippen LogP contribution in [-0.2, 0) is 10.3 Å². The fourth-order valence-electron chi connectivity index (χ4n) is 1.89. The van der Waals surface area contributed by atoms with Crippen LogP contribution in [0.1, 0.15) is 26.3 Å². The molecule has 110 valence electrons. The van der Waals surface area contributed by atoms with Gasteiger partial charge >= 0.3 is 6.09 Å². The van der Waals surface area contributed by atoms with Crippen molar-refractivity contribution in [3.8, 4) is 0 Å². The molecule has 1 aromatic carbocycles. The van der Waals surface area contributed by atoms with E-state index in [9.17, 15) is 9.90 Å². The molecule has 0 unspecified atom stereocenters. The normalized spacial score (nSPS) is 17.2. The van der Waals surface area contributed by atoms with Crippen molar-refractivity contribution < 1.29 is 14.6 Å². The van der Waals surface area contributed by atoms with Crippen LogP contribution in [0.25, 0.3) is 0 Å². The minimum Gasteiger partial charge on any atom is -0.444 e. The Bertz CT molecular complexity index is 522. The van der Waals surface area contributed by atoms with Gasteiger partial charge < -0.3 is 15.2 Å². The van der Waals surface area contributed by atoms with E-state index in [0.717, 1.165) is 10.0 Å². The summed E-state index contributed by atoms with van der Waals surface area (Å²) in [6, 6.07) is 5.40. The van der Waals surface area contributed by atoms with Gasteiger partial charge in [-0.05, 0) is 54.4 Å². The molecular weight excluding hydrogens is 324 g/mol. The number of amides is 1. The second-order valence-corrected chi connectivity index (χ2v) is 6.81. The standard InChI is InChI=1S/C14H19BrN2O3/c1-13(2,3)20-12(18)17-11-6-9(4-5-10(11)15)14(19)7-16-8-14/h4-6,16,19H,7-8H2,1-3H3,(H,17,18). The highest BCUT2D eigenvalue weighted by atomic mass is 79.9. The zero-order valence-corrected chi connectivity index (χ0v) is 13.4. The van der Waals surface area contributed by atoms with Crippen molar-refractivity contribution >= 4 is 27.7 Å². The van der Waals surface area contributed by atoms with Crippen molar-refractivity contribution in [1.29, 1.82) is 0 Å². The summed E-state index contributed by atoms with van der Waals surface area (Å²) in [5.41, 5.74) is -0.0578. The van der Waals surface area contributed by atoms with Crippen LogP contribution in [0, 0.1) is 0 Å². The summed E-state index contributed by atoms with van der Waals surface area (Å²) in [6.45, 7) is 6.45. The first-order chi connectivity index (χ1) is 9.20. The Hall–Kier alpha value is -1.11. The molecule has 6 heteroatoms. The van der Waals surface area contributed by atoms with Gasteiger partial charge in [0.05, 0.1) is 5.69 Å². The third-order valence-electron chi connectivity index (χ3n) is 2.97. The number of halogens is 1. The molecule has 0 atom stereocenters. The molecule has 20 heavy (non-hydrogen) atoms. The number of rotatable bonds is 2. The molecule has 5 nitrogen and oxygen atoms in total. The number of ether oxygens (including phenoxy) is 1. The Labute approximate surface area is 126 Å². The Morgan fingerprint density at radius 1 is 1.45 bits per heavy atom. The van der Waals surface area contributed by atoms with Crippen molar-refractivity contribution in [1.82, 2.24) is 5.32 Å². The molecule has 1 aromatic rings. The Morgan fingerprint density at radius 2 is 2.10 bits per heavy atom. The summed E-state index contributed by atoms with van der Waals surface area (Å²) in [5, 5.41) is 16.0. The van der Waals surface area contributed by atoms with Crippen LogP contribution in [0.5, 0.6) is 0 Å². The van der Waals surface area contributed by atoms with E-state index in [1.807, 2.05) is 6.07 Å². The van der Waals surface area contributed by atoms with Crippen LogP contribution in [0.4, 0.5) is 10.5 Å². The number of hydrogen-bond donors (Lipinski definition) is 3. The largest absolute Gasteiger partial charge is 0.444 e. The smallest absolute Gasteiger partial charge is 0.412 e. The fraction of sp³-hybridized carbons (Fsp3) is 0.500. The van der Waals surface area contributed by atoms with Gasteiger partial charge in [-0.25, -0.2) is 4.79 Å². The van der Waals surface area contributed by atoms with Crippen LogP contribution in [0.2, 0.25) is 0 Å². The van der Waals surface area contributed by atoms with Gasteiger partial charge in [-0.3, -0.25) is 5.32 Å². The number of anilines is 1. The van der Waals surface area contributed by atoms with Gasteiger partial charge in [-0.15, -0.1) is 0 Å². The molecule has 1 heterocycles. The number of carbonyl (C=O) groups is 1. The van der Waals surface area contributed by atoms with Gasteiger partial charge in [-0.2, -0.15) is 0 Å². The highest BCUT2D eigenvalue weighted by molar-refractivity contribution is 9.10. The van der Waals surface area contributed by atoms with E-state index in [-0.39, 0.29) is 0 Å². The van der Waals surface area contributed by atoms with Crippen LogP contribution < -0.4 is 10.6 Å². The number of β-amino-alcohol motifs (C(OH)–C–C–N with tert-alkyl or cyclic N) is 1. The maximum atomic E-state index is 11.8. The average molecular weight is 343 g/mol. The van der Waals surface area contributed by atoms with Crippen molar-refractivity contribution in [2.75, 3.05) is 18.4 Å². The lowest BCUT2D eigenvalue weighted by Gasteiger charge is -2.38. The maximum absolute atomic E-state index is 11.8. The van der Waals surface area contributed by atoms with E-state index in [0.29, 0.717) is 18.8 Å². The summed E-state index contributed by atoms with van der Waals surface area (Å²) in [7, 11) is 0. The molecule has 0 aromatic heterocycles. The van der Waals surface area contributed by atoms with Crippen LogP contribution in [0.3, 0.4) is 0 Å². The third-order valence-corrected chi connectivity index (χ3v) is 3.67. The van der Waals surface area contributed by atoms with Crippen molar-refractivity contribution in [2.24, 2.45) is 0 Å². The van der Waals surface area contributed by atoms with Gasteiger partial charge in [0.2, 0.25) is 0 Å². The topological polar surface area (TPSA) is 70.6 Å². The first-order valence-corrected chi connectivity index (χ1v) is 7.22. The lowest BCUT2D eigenvalue weighted by Crippen LogP contribution is -2.56. The molecule has 1 aliphatic heterocycles. The third kappa shape index (κ3) is 3.50. The van der Waals surface area contributed by atoms with Gasteiger partial charge in [0, 0.05) is 17.6 Å². The molecule has 1 aliphatic rings. The number of carbonyl (C=O) groups excluding carboxylic acids is 1. The lowest BCUT2D eigenvalue weighted by atomic mass is 9.88. The zero-order valence-electron chi connectivity index (χ0n) is 11.8. The predicted octanol–water partition coefficient (Wildman–Crippen LogP) is 2.59. The van der Waals surface area contributed by atoms with Crippen molar-refractivity contribution in [3.05, 3.63) is 28.2 Å². The van der Waals surface area contributed by atoms with E-state index in [1.54, 1.807) is 32.9 Å². The minimum absolute atomic E-state index is 0.514.